The molecule has 23 nitrogen and oxygen atoms in total. The van der Waals surface area contributed by atoms with Crippen LogP contribution in [0.4, 0.5) is 0 Å². The fraction of sp³-hybridized carbons (Fsp3) is 0.632. The van der Waals surface area contributed by atoms with Crippen molar-refractivity contribution in [2.24, 2.45) is 0 Å². The van der Waals surface area contributed by atoms with Crippen molar-refractivity contribution in [2.45, 2.75) is 61.7 Å². The van der Waals surface area contributed by atoms with Crippen LogP contribution in [0.15, 0.2) is 34.2 Å². The first kappa shape index (κ1) is 34.1. The maximum atomic E-state index is 12.7. The fourth-order valence-corrected chi connectivity index (χ4v) is 6.38. The molecule has 2 aromatic heterocycles. The number of nitrogens with one attached hydrogen (secondary N) is 2. The van der Waals surface area contributed by atoms with E-state index in [4.69, 9.17) is 14.0 Å². The maximum Gasteiger partial charge on any atom is 0.483 e. The average Bonchev–Trinajstić information content (AvgIpc) is 3.54. The van der Waals surface area contributed by atoms with Gasteiger partial charge < -0.3 is 50.1 Å². The minimum absolute atomic E-state index is 0.468. The van der Waals surface area contributed by atoms with Gasteiger partial charge in [0.25, 0.3) is 5.56 Å². The van der Waals surface area contributed by atoms with Crippen LogP contribution >= 0.6 is 15.6 Å². The van der Waals surface area contributed by atoms with Crippen LogP contribution in [0.5, 0.6) is 0 Å². The number of aromatic nitrogens is 5. The van der Waals surface area contributed by atoms with Gasteiger partial charge in [-0.2, -0.15) is 4.31 Å². The molecule has 2 fully saturated rings. The largest absolute Gasteiger partial charge is 0.483 e. The molecule has 4 rings (SSSR count). The quantitative estimate of drug-likeness (QED) is 0.0949. The number of hydrogen-bond acceptors (Lipinski definition) is 17. The number of phosphoric acid groups is 2. The van der Waals surface area contributed by atoms with Gasteiger partial charge in [-0.25, -0.2) is 18.6 Å². The van der Waals surface area contributed by atoms with Gasteiger partial charge in [0.1, 0.15) is 49.2 Å². The molecule has 2 aliphatic rings. The summed E-state index contributed by atoms with van der Waals surface area (Å²) in [6.07, 6.45) is -10.8. The van der Waals surface area contributed by atoms with Crippen molar-refractivity contribution in [1.29, 1.82) is 0 Å². The highest BCUT2D eigenvalue weighted by Gasteiger charge is 2.50. The molecule has 0 aromatic carbocycles. The van der Waals surface area contributed by atoms with Crippen LogP contribution < -0.4 is 16.6 Å². The number of carbonyl (C=O) groups is 1. The van der Waals surface area contributed by atoms with Gasteiger partial charge in [-0.3, -0.25) is 28.2 Å². The van der Waals surface area contributed by atoms with Crippen molar-refractivity contribution >= 4 is 21.6 Å². The SMILES string of the molecule is O=C(Cn1ccnn1)NC1C(O)[C@@H](O)C(CO)O[C@@H]1OP(=O)(O)OP(=O)(O)OC[C@H]1O[C@@H](n2ccc(=O)[nH]c2=O)C(O)C1O. The molecule has 2 saturated heterocycles. The van der Waals surface area contributed by atoms with E-state index in [1.165, 1.54) is 12.4 Å². The number of carbonyl (C=O) groups excluding carboxylic acids is 1. The van der Waals surface area contributed by atoms with Gasteiger partial charge in [0.2, 0.25) is 5.91 Å². The number of amides is 1. The van der Waals surface area contributed by atoms with Crippen LogP contribution in [-0.4, -0.2) is 128 Å². The standard InChI is InChI=1S/C19H28N6O17P2/c26-6-8-13(29)15(31)12(21-11(28)5-24-4-2-20-23-24)18(40-8)41-44(36,37)42-43(34,35)38-7-9-14(30)16(32)17(39-9)25-3-1-10(27)22-19(25)33/h1-4,8-9,12-18,26,29-32H,5-7H2,(H,21,28)(H,34,35)(H,36,37)(H,22,27,33)/t8?,9-,12?,13+,14?,15?,16?,17-,18-/m1/s1. The zero-order valence-electron chi connectivity index (χ0n) is 22.0. The molecule has 0 aliphatic carbocycles. The Hall–Kier alpha value is -2.73. The molecule has 2 aromatic rings. The number of H-pyrrole nitrogens is 1. The van der Waals surface area contributed by atoms with Gasteiger partial charge in [-0.05, 0) is 0 Å². The molecular weight excluding hydrogens is 646 g/mol. The molecule has 0 spiro atoms. The lowest BCUT2D eigenvalue weighted by Gasteiger charge is -2.42. The second kappa shape index (κ2) is 13.7. The summed E-state index contributed by atoms with van der Waals surface area (Å²) in [4.78, 5) is 57.8. The molecule has 11 atom stereocenters. The van der Waals surface area contributed by atoms with Crippen LogP contribution in [0.1, 0.15) is 6.23 Å². The van der Waals surface area contributed by atoms with Gasteiger partial charge in [0.05, 0.1) is 19.4 Å². The number of nitrogens with zero attached hydrogens (tertiary/aromatic N) is 4. The summed E-state index contributed by atoms with van der Waals surface area (Å²) in [6.45, 7) is -2.46. The number of phosphoric ester groups is 2. The highest BCUT2D eigenvalue weighted by atomic mass is 31.3. The molecule has 44 heavy (non-hydrogen) atoms. The van der Waals surface area contributed by atoms with E-state index in [1.54, 1.807) is 0 Å². The lowest BCUT2D eigenvalue weighted by Crippen LogP contribution is -2.64. The Labute approximate surface area is 244 Å². The Balaban J connectivity index is 1.40. The molecule has 0 radical (unpaired) electrons. The van der Waals surface area contributed by atoms with Crippen molar-refractivity contribution in [2.75, 3.05) is 13.2 Å². The topological polar surface area (TPSA) is 337 Å². The van der Waals surface area contributed by atoms with E-state index < -0.39 is 108 Å². The summed E-state index contributed by atoms with van der Waals surface area (Å²) < 4.78 is 51.0. The Bertz CT molecular complexity index is 1500. The van der Waals surface area contributed by atoms with Gasteiger partial charge in [-0.1, -0.05) is 5.21 Å². The third kappa shape index (κ3) is 8.10. The number of ether oxygens (including phenoxy) is 2. The molecule has 0 saturated carbocycles. The Morgan fingerprint density at radius 1 is 1.02 bits per heavy atom. The van der Waals surface area contributed by atoms with Gasteiger partial charge in [-0.15, -0.1) is 5.10 Å². The minimum Gasteiger partial charge on any atom is -0.394 e. The van der Waals surface area contributed by atoms with Crippen molar-refractivity contribution in [1.82, 2.24) is 29.9 Å². The number of aromatic amines is 1. The molecule has 246 valence electrons. The van der Waals surface area contributed by atoms with E-state index in [-0.39, 0.29) is 0 Å². The van der Waals surface area contributed by atoms with Gasteiger partial charge >= 0.3 is 21.3 Å². The summed E-state index contributed by atoms with van der Waals surface area (Å²) in [7, 11) is -11.3. The normalized spacial score (nSPS) is 33.4. The molecule has 7 unspecified atom stereocenters. The van der Waals surface area contributed by atoms with Crippen molar-refractivity contribution in [3.63, 3.8) is 0 Å². The second-order valence-electron chi connectivity index (χ2n) is 9.38. The van der Waals surface area contributed by atoms with E-state index in [0.717, 1.165) is 21.5 Å². The summed E-state index contributed by atoms with van der Waals surface area (Å²) >= 11 is 0. The Morgan fingerprint density at radius 3 is 2.36 bits per heavy atom. The van der Waals surface area contributed by atoms with E-state index in [2.05, 4.69) is 24.5 Å². The third-order valence-electron chi connectivity index (χ3n) is 6.29. The van der Waals surface area contributed by atoms with Crippen LogP contribution in [0.2, 0.25) is 0 Å². The smallest absolute Gasteiger partial charge is 0.394 e. The highest BCUT2D eigenvalue weighted by molar-refractivity contribution is 7.61. The first-order chi connectivity index (χ1) is 20.6. The first-order valence-electron chi connectivity index (χ1n) is 12.4. The number of hydrogen-bond donors (Lipinski definition) is 9. The summed E-state index contributed by atoms with van der Waals surface area (Å²) in [5.74, 6) is -0.879. The highest BCUT2D eigenvalue weighted by Crippen LogP contribution is 2.61. The fourth-order valence-electron chi connectivity index (χ4n) is 4.22. The van der Waals surface area contributed by atoms with E-state index >= 15 is 0 Å². The van der Waals surface area contributed by atoms with Crippen LogP contribution in [-0.2, 0) is 43.3 Å². The molecule has 2 aliphatic heterocycles. The Morgan fingerprint density at radius 2 is 1.73 bits per heavy atom. The predicted octanol–water partition coefficient (Wildman–Crippen LogP) is -5.38. The van der Waals surface area contributed by atoms with Crippen LogP contribution in [0, 0.1) is 0 Å². The molecule has 9 N–H and O–H groups in total. The van der Waals surface area contributed by atoms with E-state index in [0.29, 0.717) is 0 Å². The number of aliphatic hydroxyl groups is 5. The van der Waals surface area contributed by atoms with Crippen LogP contribution in [0.3, 0.4) is 0 Å². The lowest BCUT2D eigenvalue weighted by molar-refractivity contribution is -0.248. The molecule has 4 heterocycles. The second-order valence-corrected chi connectivity index (χ2v) is 12.4. The minimum atomic E-state index is -5.71. The lowest BCUT2D eigenvalue weighted by atomic mass is 9.97. The maximum absolute atomic E-state index is 12.7. The zero-order valence-corrected chi connectivity index (χ0v) is 23.8. The molecular formula is C19H28N6O17P2. The average molecular weight is 674 g/mol. The summed E-state index contributed by atoms with van der Waals surface area (Å²) in [5, 5.41) is 59.9. The molecule has 1 amide bonds. The van der Waals surface area contributed by atoms with E-state index in [1.807, 2.05) is 4.98 Å². The summed E-state index contributed by atoms with van der Waals surface area (Å²) in [5.41, 5.74) is -1.77. The molecule has 25 heteroatoms. The van der Waals surface area contributed by atoms with Crippen LogP contribution in [0.25, 0.3) is 0 Å². The summed E-state index contributed by atoms with van der Waals surface area (Å²) in [6, 6.07) is -0.878. The van der Waals surface area contributed by atoms with Gasteiger partial charge in [0, 0.05) is 18.5 Å². The van der Waals surface area contributed by atoms with Crippen molar-refractivity contribution in [3.05, 3.63) is 45.5 Å². The molecule has 0 bridgehead atoms. The van der Waals surface area contributed by atoms with E-state index in [9.17, 15) is 58.8 Å². The van der Waals surface area contributed by atoms with Crippen molar-refractivity contribution < 1.29 is 72.1 Å². The monoisotopic (exact) mass is 674 g/mol. The zero-order chi connectivity index (χ0) is 32.4. The third-order valence-corrected chi connectivity index (χ3v) is 8.89. The predicted molar refractivity (Wildman–Crippen MR) is 135 cm³/mol. The van der Waals surface area contributed by atoms with Gasteiger partial charge in [0.15, 0.2) is 12.5 Å². The Kier molecular flexibility index (Phi) is 10.7. The van der Waals surface area contributed by atoms with Crippen molar-refractivity contribution in [3.8, 4) is 0 Å². The number of aliphatic hydroxyl groups excluding tert-OH is 5. The number of rotatable bonds is 12. The first-order valence-corrected chi connectivity index (χ1v) is 15.4.